The second-order valence-corrected chi connectivity index (χ2v) is 5.19. The van der Waals surface area contributed by atoms with Gasteiger partial charge >= 0.3 is 0 Å². The molecule has 0 bridgehead atoms. The topological polar surface area (TPSA) is 64.3 Å². The van der Waals surface area contributed by atoms with Crippen LogP contribution in [-0.2, 0) is 9.53 Å². The third-order valence-corrected chi connectivity index (χ3v) is 3.45. The second kappa shape index (κ2) is 6.08. The number of carbonyl (C=O) groups excluding carboxylic acids is 1. The van der Waals surface area contributed by atoms with Crippen molar-refractivity contribution >= 4 is 11.6 Å². The molecule has 3 N–H and O–H groups in total. The molecule has 1 atom stereocenters. The third-order valence-electron chi connectivity index (χ3n) is 3.45. The number of nitrogens with two attached hydrogens (primary N) is 1. The third kappa shape index (κ3) is 3.19. The summed E-state index contributed by atoms with van der Waals surface area (Å²) in [5, 5.41) is 2.92. The van der Waals surface area contributed by atoms with E-state index in [0.717, 1.165) is 24.0 Å². The minimum absolute atomic E-state index is 0.116. The van der Waals surface area contributed by atoms with Crippen LogP contribution in [0, 0.1) is 18.8 Å². The molecule has 1 aromatic rings. The largest absolute Gasteiger partial charge is 0.365 e. The van der Waals surface area contributed by atoms with Gasteiger partial charge in [-0.15, -0.1) is 0 Å². The maximum Gasteiger partial charge on any atom is 0.256 e. The predicted molar refractivity (Wildman–Crippen MR) is 79.3 cm³/mol. The first kappa shape index (κ1) is 14.6. The number of amides is 1. The average molecular weight is 272 g/mol. The fourth-order valence-corrected chi connectivity index (χ4v) is 2.23. The van der Waals surface area contributed by atoms with Crippen molar-refractivity contribution in [3.8, 4) is 11.8 Å². The average Bonchev–Trinajstić information content (AvgIpc) is 2.87. The molecule has 1 heterocycles. The first-order valence-corrected chi connectivity index (χ1v) is 6.80. The van der Waals surface area contributed by atoms with E-state index in [9.17, 15) is 4.79 Å². The first-order valence-electron chi connectivity index (χ1n) is 6.80. The van der Waals surface area contributed by atoms with Crippen LogP contribution in [0.4, 0.5) is 5.69 Å². The van der Waals surface area contributed by atoms with Gasteiger partial charge in [0.1, 0.15) is 5.60 Å². The van der Waals surface area contributed by atoms with Gasteiger partial charge in [-0.05, 0) is 44.4 Å². The fraction of sp³-hybridized carbons (Fsp3) is 0.438. The first-order chi connectivity index (χ1) is 9.55. The second-order valence-electron chi connectivity index (χ2n) is 5.19. The Morgan fingerprint density at radius 1 is 1.55 bits per heavy atom. The van der Waals surface area contributed by atoms with Crippen LogP contribution in [0.15, 0.2) is 18.2 Å². The van der Waals surface area contributed by atoms with Crippen molar-refractivity contribution in [1.82, 2.24) is 0 Å². The molecular formula is C16H20N2O2. The zero-order valence-electron chi connectivity index (χ0n) is 12.0. The Hall–Kier alpha value is -1.83. The van der Waals surface area contributed by atoms with Crippen LogP contribution in [-0.4, -0.2) is 24.7 Å². The quantitative estimate of drug-likeness (QED) is 0.807. The molecule has 1 aliphatic rings. The highest BCUT2D eigenvalue weighted by molar-refractivity contribution is 5.98. The number of carbonyl (C=O) groups is 1. The van der Waals surface area contributed by atoms with E-state index in [1.807, 2.05) is 32.0 Å². The number of hydrogen-bond acceptors (Lipinski definition) is 3. The summed E-state index contributed by atoms with van der Waals surface area (Å²) in [4.78, 5) is 12.3. The minimum Gasteiger partial charge on any atom is -0.365 e. The normalized spacial score (nSPS) is 21.1. The lowest BCUT2D eigenvalue weighted by atomic mass is 10.0. The maximum atomic E-state index is 12.3. The van der Waals surface area contributed by atoms with E-state index in [2.05, 4.69) is 17.2 Å². The van der Waals surface area contributed by atoms with Gasteiger partial charge in [0, 0.05) is 12.2 Å². The number of anilines is 1. The molecule has 0 saturated carbocycles. The van der Waals surface area contributed by atoms with Gasteiger partial charge in [-0.2, -0.15) is 0 Å². The summed E-state index contributed by atoms with van der Waals surface area (Å²) < 4.78 is 5.55. The van der Waals surface area contributed by atoms with Crippen LogP contribution in [0.2, 0.25) is 0 Å². The van der Waals surface area contributed by atoms with Gasteiger partial charge in [0.25, 0.3) is 5.91 Å². The highest BCUT2D eigenvalue weighted by Gasteiger charge is 2.37. The van der Waals surface area contributed by atoms with Gasteiger partial charge in [-0.3, -0.25) is 4.79 Å². The molecule has 0 aromatic heterocycles. The zero-order chi connectivity index (χ0) is 14.6. The summed E-state index contributed by atoms with van der Waals surface area (Å²) in [7, 11) is 0. The summed E-state index contributed by atoms with van der Waals surface area (Å²) in [6, 6.07) is 5.75. The molecular weight excluding hydrogens is 252 g/mol. The lowest BCUT2D eigenvalue weighted by Crippen LogP contribution is -2.39. The van der Waals surface area contributed by atoms with E-state index in [4.69, 9.17) is 10.5 Å². The number of hydrogen-bond donors (Lipinski definition) is 2. The van der Waals surface area contributed by atoms with Gasteiger partial charge < -0.3 is 15.8 Å². The minimum atomic E-state index is -0.733. The van der Waals surface area contributed by atoms with E-state index in [-0.39, 0.29) is 5.91 Å². The molecule has 1 fully saturated rings. The molecule has 4 nitrogen and oxygen atoms in total. The van der Waals surface area contributed by atoms with Gasteiger partial charge in [-0.25, -0.2) is 0 Å². The molecule has 1 saturated heterocycles. The number of aryl methyl sites for hydroxylation is 1. The molecule has 4 heteroatoms. The molecule has 1 amide bonds. The molecule has 0 spiro atoms. The Balaban J connectivity index is 2.22. The van der Waals surface area contributed by atoms with Crippen LogP contribution in [0.3, 0.4) is 0 Å². The van der Waals surface area contributed by atoms with Gasteiger partial charge in [0.15, 0.2) is 0 Å². The Morgan fingerprint density at radius 2 is 2.35 bits per heavy atom. The lowest BCUT2D eigenvalue weighted by molar-refractivity contribution is -0.133. The van der Waals surface area contributed by atoms with Gasteiger partial charge in [0.05, 0.1) is 12.2 Å². The van der Waals surface area contributed by atoms with Crippen molar-refractivity contribution in [3.63, 3.8) is 0 Å². The van der Waals surface area contributed by atoms with E-state index < -0.39 is 5.60 Å². The van der Waals surface area contributed by atoms with Crippen molar-refractivity contribution in [2.24, 2.45) is 5.73 Å². The number of rotatable bonds is 2. The van der Waals surface area contributed by atoms with E-state index in [1.54, 1.807) is 0 Å². The van der Waals surface area contributed by atoms with E-state index >= 15 is 0 Å². The molecule has 0 radical (unpaired) electrons. The molecule has 1 unspecified atom stereocenters. The molecule has 20 heavy (non-hydrogen) atoms. The number of benzene rings is 1. The Labute approximate surface area is 119 Å². The van der Waals surface area contributed by atoms with Crippen molar-refractivity contribution < 1.29 is 9.53 Å². The van der Waals surface area contributed by atoms with Crippen molar-refractivity contribution in [2.45, 2.75) is 32.3 Å². The summed E-state index contributed by atoms with van der Waals surface area (Å²) in [6.45, 7) is 4.75. The standard InChI is InChI=1S/C16H20N2O2/c1-12-6-7-14(13(11-12)5-3-9-17)18-15(19)16(2)8-4-10-20-16/h6-7,11H,4,8-10,17H2,1-2H3,(H,18,19). The highest BCUT2D eigenvalue weighted by atomic mass is 16.5. The monoisotopic (exact) mass is 272 g/mol. The maximum absolute atomic E-state index is 12.3. The van der Waals surface area contributed by atoms with Gasteiger partial charge in [-0.1, -0.05) is 17.9 Å². The highest BCUT2D eigenvalue weighted by Crippen LogP contribution is 2.27. The van der Waals surface area contributed by atoms with Crippen LogP contribution >= 0.6 is 0 Å². The van der Waals surface area contributed by atoms with Crippen molar-refractivity contribution in [1.29, 1.82) is 0 Å². The Bertz CT molecular complexity index is 564. The van der Waals surface area contributed by atoms with E-state index in [1.165, 1.54) is 0 Å². The number of ether oxygens (including phenoxy) is 1. The summed E-state index contributed by atoms with van der Waals surface area (Å²) in [6.07, 6.45) is 1.66. The Morgan fingerprint density at radius 3 is 3.00 bits per heavy atom. The predicted octanol–water partition coefficient (Wildman–Crippen LogP) is 1.81. The van der Waals surface area contributed by atoms with Crippen LogP contribution < -0.4 is 11.1 Å². The molecule has 2 rings (SSSR count). The number of nitrogens with one attached hydrogen (secondary N) is 1. The molecule has 1 aromatic carbocycles. The molecule has 106 valence electrons. The van der Waals surface area contributed by atoms with Crippen LogP contribution in [0.25, 0.3) is 0 Å². The SMILES string of the molecule is Cc1ccc(NC(=O)C2(C)CCCO2)c(C#CCN)c1. The van der Waals surface area contributed by atoms with Crippen molar-refractivity contribution in [2.75, 3.05) is 18.5 Å². The lowest BCUT2D eigenvalue weighted by Gasteiger charge is -2.22. The summed E-state index contributed by atoms with van der Waals surface area (Å²) in [5.41, 5.74) is 7.25. The Kier molecular flexibility index (Phi) is 4.43. The van der Waals surface area contributed by atoms with Gasteiger partial charge in [0.2, 0.25) is 0 Å². The fourth-order valence-electron chi connectivity index (χ4n) is 2.23. The van der Waals surface area contributed by atoms with Crippen LogP contribution in [0.5, 0.6) is 0 Å². The molecule has 1 aliphatic heterocycles. The zero-order valence-corrected chi connectivity index (χ0v) is 12.0. The van der Waals surface area contributed by atoms with E-state index in [0.29, 0.717) is 18.8 Å². The van der Waals surface area contributed by atoms with Crippen molar-refractivity contribution in [3.05, 3.63) is 29.3 Å². The van der Waals surface area contributed by atoms with Crippen LogP contribution in [0.1, 0.15) is 30.9 Å². The summed E-state index contributed by atoms with van der Waals surface area (Å²) >= 11 is 0. The summed E-state index contributed by atoms with van der Waals surface area (Å²) in [5.74, 6) is 5.70. The molecule has 0 aliphatic carbocycles. The smallest absolute Gasteiger partial charge is 0.256 e.